The second-order valence-electron chi connectivity index (χ2n) is 5.36. The molecule has 2 N–H and O–H groups in total. The van der Waals surface area contributed by atoms with Gasteiger partial charge in [-0.25, -0.2) is 0 Å². The maximum atomic E-state index is 6.02. The van der Waals surface area contributed by atoms with Crippen molar-refractivity contribution < 1.29 is 9.47 Å². The van der Waals surface area contributed by atoms with Crippen molar-refractivity contribution in [2.45, 2.75) is 26.3 Å². The average molecular weight is 326 g/mol. The molecule has 125 valence electrons. The normalized spacial score (nSPS) is 10.9. The monoisotopic (exact) mass is 326 g/mol. The third kappa shape index (κ3) is 3.24. The minimum atomic E-state index is 0.263. The predicted octanol–water partition coefficient (Wildman–Crippen LogP) is 2.44. The fourth-order valence-electron chi connectivity index (χ4n) is 2.36. The number of anilines is 1. The largest absolute Gasteiger partial charge is 0.468 e. The number of nitrogens with two attached hydrogens (primary N) is 1. The zero-order chi connectivity index (χ0) is 16.9. The average Bonchev–Trinajstić information content (AvgIpc) is 2.94. The Morgan fingerprint density at radius 2 is 2.00 bits per heavy atom. The molecule has 0 saturated heterocycles. The van der Waals surface area contributed by atoms with Gasteiger partial charge in [0, 0.05) is 0 Å². The van der Waals surface area contributed by atoms with Gasteiger partial charge in [-0.3, -0.25) is 4.57 Å². The molecule has 0 spiro atoms. The van der Waals surface area contributed by atoms with Crippen LogP contribution in [0.3, 0.4) is 0 Å². The van der Waals surface area contributed by atoms with Crippen LogP contribution in [0, 0.1) is 6.07 Å². The molecule has 0 unspecified atom stereocenters. The van der Waals surface area contributed by atoms with Crippen LogP contribution in [0.1, 0.15) is 25.3 Å². The van der Waals surface area contributed by atoms with Crippen LogP contribution in [0.4, 0.5) is 5.82 Å². The number of fused-ring (bicyclic) bond motifs is 1. The fourth-order valence-corrected chi connectivity index (χ4v) is 2.36. The summed E-state index contributed by atoms with van der Waals surface area (Å²) in [5.74, 6) is 0.282. The summed E-state index contributed by atoms with van der Waals surface area (Å²) in [6, 6.07) is 11.4. The number of benzene rings is 1. The van der Waals surface area contributed by atoms with Crippen LogP contribution in [0.5, 0.6) is 12.0 Å². The minimum Gasteiger partial charge on any atom is -0.468 e. The van der Waals surface area contributed by atoms with E-state index in [2.05, 4.69) is 27.9 Å². The first-order chi connectivity index (χ1) is 11.7. The van der Waals surface area contributed by atoms with Crippen LogP contribution in [0.15, 0.2) is 24.3 Å². The molecule has 2 heterocycles. The number of hydrogen-bond acceptors (Lipinski definition) is 6. The summed E-state index contributed by atoms with van der Waals surface area (Å²) in [5, 5.41) is 0. The molecule has 3 rings (SSSR count). The summed E-state index contributed by atoms with van der Waals surface area (Å²) >= 11 is 0. The summed E-state index contributed by atoms with van der Waals surface area (Å²) in [5.41, 5.74) is 8.21. The number of nitrogens with zero attached hydrogens (tertiary/aromatic N) is 4. The van der Waals surface area contributed by atoms with Crippen molar-refractivity contribution in [1.82, 2.24) is 19.5 Å². The molecule has 2 aromatic heterocycles. The quantitative estimate of drug-likeness (QED) is 0.671. The van der Waals surface area contributed by atoms with Crippen molar-refractivity contribution >= 4 is 17.0 Å². The maximum absolute atomic E-state index is 6.02. The number of ether oxygens (including phenoxy) is 2. The van der Waals surface area contributed by atoms with E-state index >= 15 is 0 Å². The zero-order valence-corrected chi connectivity index (χ0v) is 13.8. The van der Waals surface area contributed by atoms with Crippen molar-refractivity contribution in [3.8, 4) is 12.0 Å². The van der Waals surface area contributed by atoms with Gasteiger partial charge >= 0.3 is 6.01 Å². The highest BCUT2D eigenvalue weighted by Gasteiger charge is 2.18. The third-order valence-electron chi connectivity index (χ3n) is 3.61. The standard InChI is InChI=1S/C17H20N5O2/c1-3-4-10-24-16-20-14(18)13-15(21-16)22(17(19-13)23-2)11-12-8-6-5-7-9-12/h6-9H,3-4,10-11H2,1-2H3,(H2,18,20,21). The van der Waals surface area contributed by atoms with E-state index in [1.54, 1.807) is 7.11 Å². The van der Waals surface area contributed by atoms with E-state index in [4.69, 9.17) is 15.2 Å². The van der Waals surface area contributed by atoms with E-state index in [1.807, 2.05) is 28.8 Å². The Morgan fingerprint density at radius 3 is 2.71 bits per heavy atom. The van der Waals surface area contributed by atoms with Crippen molar-refractivity contribution in [3.05, 3.63) is 35.9 Å². The molecule has 1 aromatic carbocycles. The molecular formula is C17H20N5O2. The molecule has 0 fully saturated rings. The SMILES string of the molecule is CCCCOc1nc(N)c2nc(OC)n(Cc3cc[c]cc3)c2n1. The number of unbranched alkanes of at least 4 members (excludes halogenated alkanes) is 1. The Bertz CT molecular complexity index is 817. The van der Waals surface area contributed by atoms with E-state index in [0.717, 1.165) is 18.4 Å². The first kappa shape index (κ1) is 16.0. The summed E-state index contributed by atoms with van der Waals surface area (Å²) in [7, 11) is 1.57. The van der Waals surface area contributed by atoms with E-state index in [9.17, 15) is 0 Å². The Balaban J connectivity index is 2.01. The number of imidazole rings is 1. The van der Waals surface area contributed by atoms with E-state index in [-0.39, 0.29) is 11.8 Å². The molecule has 7 heteroatoms. The van der Waals surface area contributed by atoms with Crippen LogP contribution < -0.4 is 15.2 Å². The molecule has 7 nitrogen and oxygen atoms in total. The first-order valence-corrected chi connectivity index (χ1v) is 7.88. The van der Waals surface area contributed by atoms with Crippen LogP contribution in [0.25, 0.3) is 11.2 Å². The van der Waals surface area contributed by atoms with Gasteiger partial charge in [0.15, 0.2) is 17.0 Å². The molecule has 0 atom stereocenters. The lowest BCUT2D eigenvalue weighted by Crippen LogP contribution is -2.07. The molecule has 3 aromatic rings. The Morgan fingerprint density at radius 1 is 1.21 bits per heavy atom. The summed E-state index contributed by atoms with van der Waals surface area (Å²) < 4.78 is 12.8. The highest BCUT2D eigenvalue weighted by atomic mass is 16.5. The van der Waals surface area contributed by atoms with Gasteiger partial charge in [0.05, 0.1) is 20.3 Å². The Kier molecular flexibility index (Phi) is 4.79. The van der Waals surface area contributed by atoms with Crippen LogP contribution >= 0.6 is 0 Å². The van der Waals surface area contributed by atoms with E-state index < -0.39 is 0 Å². The summed E-state index contributed by atoms with van der Waals surface area (Å²) in [4.78, 5) is 13.0. The van der Waals surface area contributed by atoms with Crippen molar-refractivity contribution in [3.63, 3.8) is 0 Å². The van der Waals surface area contributed by atoms with Gasteiger partial charge < -0.3 is 15.2 Å². The molecule has 0 aliphatic carbocycles. The number of hydrogen-bond donors (Lipinski definition) is 1. The third-order valence-corrected chi connectivity index (χ3v) is 3.61. The smallest absolute Gasteiger partial charge is 0.320 e. The molecule has 0 amide bonds. The number of aromatic nitrogens is 4. The maximum Gasteiger partial charge on any atom is 0.320 e. The van der Waals surface area contributed by atoms with Crippen LogP contribution in [-0.4, -0.2) is 33.2 Å². The van der Waals surface area contributed by atoms with Gasteiger partial charge in [-0.15, -0.1) is 0 Å². The summed E-state index contributed by atoms with van der Waals surface area (Å²) in [6.07, 6.45) is 1.97. The zero-order valence-electron chi connectivity index (χ0n) is 13.8. The molecule has 0 aliphatic heterocycles. The second kappa shape index (κ2) is 7.16. The minimum absolute atomic E-state index is 0.263. The second-order valence-corrected chi connectivity index (χ2v) is 5.36. The van der Waals surface area contributed by atoms with Gasteiger partial charge in [-0.05, 0) is 18.1 Å². The van der Waals surface area contributed by atoms with Gasteiger partial charge in [0.25, 0.3) is 6.01 Å². The summed E-state index contributed by atoms with van der Waals surface area (Å²) in [6.45, 7) is 3.21. The number of nitrogen functional groups attached to an aromatic ring is 1. The van der Waals surface area contributed by atoms with Crippen molar-refractivity contribution in [2.75, 3.05) is 19.5 Å². The lowest BCUT2D eigenvalue weighted by atomic mass is 10.2. The highest BCUT2D eigenvalue weighted by molar-refractivity contribution is 5.83. The fraction of sp³-hybridized carbons (Fsp3) is 0.353. The Hall–Kier alpha value is -2.83. The highest BCUT2D eigenvalue weighted by Crippen LogP contribution is 2.26. The molecular weight excluding hydrogens is 306 g/mol. The van der Waals surface area contributed by atoms with Gasteiger partial charge in [0.1, 0.15) is 0 Å². The molecule has 0 saturated carbocycles. The molecule has 24 heavy (non-hydrogen) atoms. The van der Waals surface area contributed by atoms with Crippen LogP contribution in [0.2, 0.25) is 0 Å². The van der Waals surface area contributed by atoms with Crippen molar-refractivity contribution in [1.29, 1.82) is 0 Å². The molecule has 0 aliphatic rings. The number of methoxy groups -OCH3 is 1. The van der Waals surface area contributed by atoms with Gasteiger partial charge in [0.2, 0.25) is 0 Å². The Labute approximate surface area is 140 Å². The predicted molar refractivity (Wildman–Crippen MR) is 91.1 cm³/mol. The molecule has 1 radical (unpaired) electrons. The molecule has 0 bridgehead atoms. The lowest BCUT2D eigenvalue weighted by Gasteiger charge is -2.08. The van der Waals surface area contributed by atoms with Crippen molar-refractivity contribution in [2.24, 2.45) is 0 Å². The van der Waals surface area contributed by atoms with Gasteiger partial charge in [-0.2, -0.15) is 15.0 Å². The first-order valence-electron chi connectivity index (χ1n) is 7.88. The lowest BCUT2D eigenvalue weighted by molar-refractivity contribution is 0.286. The number of rotatable bonds is 7. The van der Waals surface area contributed by atoms with E-state index in [1.165, 1.54) is 0 Å². The van der Waals surface area contributed by atoms with Gasteiger partial charge in [-0.1, -0.05) is 37.6 Å². The van der Waals surface area contributed by atoms with E-state index in [0.29, 0.717) is 30.3 Å². The van der Waals surface area contributed by atoms with Crippen LogP contribution in [-0.2, 0) is 6.54 Å². The topological polar surface area (TPSA) is 88.1 Å².